The van der Waals surface area contributed by atoms with Gasteiger partial charge in [0.05, 0.1) is 28.4 Å². The van der Waals surface area contributed by atoms with E-state index in [1.165, 1.54) is 29.4 Å². The van der Waals surface area contributed by atoms with E-state index in [-0.39, 0.29) is 21.2 Å². The first kappa shape index (κ1) is 24.9. The van der Waals surface area contributed by atoms with E-state index in [1.807, 2.05) is 24.3 Å². The van der Waals surface area contributed by atoms with E-state index in [1.54, 1.807) is 28.4 Å². The summed E-state index contributed by atoms with van der Waals surface area (Å²) >= 11 is -0.361. The Bertz CT molecular complexity index is 1150. The van der Waals surface area contributed by atoms with Crippen molar-refractivity contribution in [3.8, 4) is 23.0 Å². The molecule has 180 valence electrons. The van der Waals surface area contributed by atoms with Crippen molar-refractivity contribution in [2.75, 3.05) is 28.4 Å². The monoisotopic (exact) mass is 581 g/mol. The highest BCUT2D eigenvalue weighted by atomic mass is 127. The van der Waals surface area contributed by atoms with Crippen LogP contribution in [0.3, 0.4) is 0 Å². The van der Waals surface area contributed by atoms with Gasteiger partial charge in [-0.2, -0.15) is 0 Å². The third-order valence-electron chi connectivity index (χ3n) is 5.81. The van der Waals surface area contributed by atoms with Gasteiger partial charge in [-0.3, -0.25) is 0 Å². The maximum Gasteiger partial charge on any atom is 0.357 e. The number of halogens is 1. The Morgan fingerprint density at radius 3 is 1.23 bits per heavy atom. The van der Waals surface area contributed by atoms with E-state index in [9.17, 15) is 0 Å². The summed E-state index contributed by atoms with van der Waals surface area (Å²) in [5, 5.41) is 0. The zero-order valence-electron chi connectivity index (χ0n) is 20.5. The van der Waals surface area contributed by atoms with E-state index in [4.69, 9.17) is 18.9 Å². The zero-order chi connectivity index (χ0) is 24.6. The summed E-state index contributed by atoms with van der Waals surface area (Å²) in [5.41, 5.74) is 4.85. The van der Waals surface area contributed by atoms with Crippen molar-refractivity contribution < 1.29 is 40.2 Å². The molecule has 0 unspecified atom stereocenters. The minimum atomic E-state index is -0.361. The van der Waals surface area contributed by atoms with Crippen molar-refractivity contribution in [1.29, 1.82) is 0 Å². The lowest BCUT2D eigenvalue weighted by Gasteiger charge is -2.10. The van der Waals surface area contributed by atoms with E-state index in [2.05, 4.69) is 60.7 Å². The molecule has 0 atom stereocenters. The summed E-state index contributed by atoms with van der Waals surface area (Å²) in [7, 11) is 6.84. The van der Waals surface area contributed by atoms with E-state index >= 15 is 0 Å². The van der Waals surface area contributed by atoms with Crippen LogP contribution in [0, 0.1) is 7.14 Å². The standard InChI is InChI=1S/C30H30IO4/c1-32-27-11-5-21(6-12-27)17-23-19-25(9-15-29(23)34-3)31-26-10-16-30(35-4)24(20-26)18-22-7-13-28(33-2)14-8-22/h5-16,19-20H,17-18H2,1-4H3/q+1. The van der Waals surface area contributed by atoms with Crippen LogP contribution in [0.2, 0.25) is 0 Å². The average Bonchev–Trinajstić information content (AvgIpc) is 2.90. The summed E-state index contributed by atoms with van der Waals surface area (Å²) in [4.78, 5) is 0. The molecule has 0 amide bonds. The maximum atomic E-state index is 5.66. The van der Waals surface area contributed by atoms with Crippen LogP contribution in [0.25, 0.3) is 0 Å². The van der Waals surface area contributed by atoms with Gasteiger partial charge in [0.25, 0.3) is 0 Å². The van der Waals surface area contributed by atoms with Gasteiger partial charge in [-0.25, -0.2) is 0 Å². The average molecular weight is 581 g/mol. The summed E-state index contributed by atoms with van der Waals surface area (Å²) in [5.74, 6) is 3.57. The number of hydrogen-bond acceptors (Lipinski definition) is 4. The first-order chi connectivity index (χ1) is 17.1. The maximum absolute atomic E-state index is 5.66. The van der Waals surface area contributed by atoms with Gasteiger partial charge in [0.15, 0.2) is 7.14 Å². The van der Waals surface area contributed by atoms with Crippen LogP contribution in [-0.4, -0.2) is 28.4 Å². The van der Waals surface area contributed by atoms with Crippen LogP contribution in [0.4, 0.5) is 0 Å². The summed E-state index contributed by atoms with van der Waals surface area (Å²) in [6, 6.07) is 29.6. The fourth-order valence-electron chi connectivity index (χ4n) is 3.94. The predicted molar refractivity (Wildman–Crippen MR) is 135 cm³/mol. The number of hydrogen-bond donors (Lipinski definition) is 0. The fourth-order valence-corrected chi connectivity index (χ4v) is 6.44. The highest BCUT2D eigenvalue weighted by Gasteiger charge is 2.20. The minimum Gasteiger partial charge on any atom is -0.497 e. The van der Waals surface area contributed by atoms with E-state index < -0.39 is 0 Å². The quantitative estimate of drug-likeness (QED) is 0.270. The molecule has 4 nitrogen and oxygen atoms in total. The number of ether oxygens (including phenoxy) is 4. The Balaban J connectivity index is 1.55. The lowest BCUT2D eigenvalue weighted by Crippen LogP contribution is -3.61. The Hall–Kier alpha value is -3.19. The van der Waals surface area contributed by atoms with Crippen molar-refractivity contribution in [2.45, 2.75) is 12.8 Å². The second-order valence-corrected chi connectivity index (χ2v) is 11.1. The predicted octanol–water partition coefficient (Wildman–Crippen LogP) is 3.03. The number of benzene rings is 4. The minimum absolute atomic E-state index is 0.361. The van der Waals surface area contributed by atoms with Crippen LogP contribution in [0.15, 0.2) is 84.9 Å². The van der Waals surface area contributed by atoms with Crippen LogP contribution < -0.4 is 40.2 Å². The molecule has 0 fully saturated rings. The van der Waals surface area contributed by atoms with Gasteiger partial charge in [-0.1, -0.05) is 24.3 Å². The van der Waals surface area contributed by atoms with Gasteiger partial charge in [0.2, 0.25) is 0 Å². The van der Waals surface area contributed by atoms with Crippen LogP contribution >= 0.6 is 0 Å². The smallest absolute Gasteiger partial charge is 0.357 e. The highest BCUT2D eigenvalue weighted by Crippen LogP contribution is 2.24. The molecule has 0 aliphatic rings. The van der Waals surface area contributed by atoms with Crippen LogP contribution in [0.1, 0.15) is 22.3 Å². The van der Waals surface area contributed by atoms with E-state index in [0.717, 1.165) is 35.8 Å². The third kappa shape index (κ3) is 6.48. The fraction of sp³-hybridized carbons (Fsp3) is 0.200. The SMILES string of the molecule is COc1ccc(Cc2cc([I+]c3ccc(OC)c(Cc4ccc(OC)cc4)c3)ccc2OC)cc1. The molecular formula is C30H30IO4+. The first-order valence-corrected chi connectivity index (χ1v) is 13.5. The van der Waals surface area contributed by atoms with Gasteiger partial charge in [0, 0.05) is 24.0 Å². The molecule has 0 aromatic heterocycles. The summed E-state index contributed by atoms with van der Waals surface area (Å²) in [6.07, 6.45) is 1.63. The van der Waals surface area contributed by atoms with Gasteiger partial charge >= 0.3 is 21.2 Å². The van der Waals surface area contributed by atoms with Crippen molar-refractivity contribution in [3.63, 3.8) is 0 Å². The molecule has 0 radical (unpaired) electrons. The second-order valence-electron chi connectivity index (χ2n) is 8.06. The molecule has 4 aromatic carbocycles. The summed E-state index contributed by atoms with van der Waals surface area (Å²) in [6.45, 7) is 0. The molecule has 0 heterocycles. The normalized spacial score (nSPS) is 10.6. The number of methoxy groups -OCH3 is 4. The third-order valence-corrected chi connectivity index (χ3v) is 8.40. The van der Waals surface area contributed by atoms with Crippen molar-refractivity contribution in [2.24, 2.45) is 0 Å². The topological polar surface area (TPSA) is 36.9 Å². The van der Waals surface area contributed by atoms with Gasteiger partial charge in [0.1, 0.15) is 23.0 Å². The van der Waals surface area contributed by atoms with Gasteiger partial charge in [-0.15, -0.1) is 0 Å². The largest absolute Gasteiger partial charge is 0.497 e. The lowest BCUT2D eigenvalue weighted by molar-refractivity contribution is -0.597. The van der Waals surface area contributed by atoms with Crippen LogP contribution in [0.5, 0.6) is 23.0 Å². The summed E-state index contributed by atoms with van der Waals surface area (Å²) < 4.78 is 24.6. The molecule has 0 spiro atoms. The Labute approximate surface area is 218 Å². The first-order valence-electron chi connectivity index (χ1n) is 11.4. The molecule has 4 rings (SSSR count). The van der Waals surface area contributed by atoms with Crippen molar-refractivity contribution in [3.05, 3.63) is 114 Å². The second kappa shape index (κ2) is 12.0. The molecule has 0 N–H and O–H groups in total. The Morgan fingerprint density at radius 1 is 0.486 bits per heavy atom. The molecule has 0 aliphatic heterocycles. The molecule has 0 bridgehead atoms. The molecule has 5 heteroatoms. The van der Waals surface area contributed by atoms with Crippen LogP contribution in [-0.2, 0) is 12.8 Å². The molecular weight excluding hydrogens is 551 g/mol. The Kier molecular flexibility index (Phi) is 8.53. The highest BCUT2D eigenvalue weighted by molar-refractivity contribution is 5.40. The van der Waals surface area contributed by atoms with Crippen molar-refractivity contribution >= 4 is 0 Å². The lowest BCUT2D eigenvalue weighted by atomic mass is 10.0. The van der Waals surface area contributed by atoms with E-state index in [0.29, 0.717) is 0 Å². The van der Waals surface area contributed by atoms with Gasteiger partial charge in [-0.05, 0) is 71.8 Å². The molecule has 0 aliphatic carbocycles. The zero-order valence-corrected chi connectivity index (χ0v) is 22.7. The molecule has 0 saturated carbocycles. The molecule has 4 aromatic rings. The van der Waals surface area contributed by atoms with Crippen molar-refractivity contribution in [1.82, 2.24) is 0 Å². The Morgan fingerprint density at radius 2 is 0.886 bits per heavy atom. The number of rotatable bonds is 10. The molecule has 35 heavy (non-hydrogen) atoms. The molecule has 0 saturated heterocycles. The van der Waals surface area contributed by atoms with Gasteiger partial charge < -0.3 is 18.9 Å².